The average molecular weight is 445 g/mol. The molecule has 0 atom stereocenters. The first-order valence-corrected chi connectivity index (χ1v) is 11.0. The van der Waals surface area contributed by atoms with Crippen LogP contribution < -0.4 is 14.8 Å². The van der Waals surface area contributed by atoms with Crippen LogP contribution in [-0.2, 0) is 14.8 Å². The third-order valence-electron chi connectivity index (χ3n) is 4.32. The predicted molar refractivity (Wildman–Crippen MR) is 119 cm³/mol. The molecule has 3 aromatic carbocycles. The van der Waals surface area contributed by atoms with Gasteiger partial charge >= 0.3 is 0 Å². The maximum atomic E-state index is 12.6. The number of amides is 1. The van der Waals surface area contributed by atoms with Gasteiger partial charge in [-0.05, 0) is 73.5 Å². The van der Waals surface area contributed by atoms with Crippen LogP contribution in [0.2, 0.25) is 5.02 Å². The summed E-state index contributed by atoms with van der Waals surface area (Å²) in [5, 5.41) is 3.15. The first kappa shape index (κ1) is 21.7. The van der Waals surface area contributed by atoms with Crippen LogP contribution in [-0.4, -0.2) is 20.9 Å². The normalized spacial score (nSPS) is 11.0. The van der Waals surface area contributed by atoms with Crippen LogP contribution >= 0.6 is 11.6 Å². The third kappa shape index (κ3) is 5.52. The molecule has 2 N–H and O–H groups in total. The molecule has 30 heavy (non-hydrogen) atoms. The van der Waals surface area contributed by atoms with Crippen molar-refractivity contribution < 1.29 is 17.9 Å². The van der Waals surface area contributed by atoms with Crippen LogP contribution in [0.5, 0.6) is 5.75 Å². The van der Waals surface area contributed by atoms with Crippen LogP contribution in [0.15, 0.2) is 71.6 Å². The van der Waals surface area contributed by atoms with E-state index in [0.29, 0.717) is 27.7 Å². The molecule has 8 heteroatoms. The standard InChI is InChI=1S/C22H21ClN2O4S/c1-15-5-3-6-18(13-15)29-14-22(26)24-17-9-11-19(12-10-17)30(27,28)25-21-8-4-7-20(23)16(21)2/h3-13,25H,14H2,1-2H3,(H,24,26). The Bertz CT molecular complexity index is 1160. The Morgan fingerprint density at radius 3 is 2.40 bits per heavy atom. The summed E-state index contributed by atoms with van der Waals surface area (Å²) < 4.78 is 33.2. The zero-order chi connectivity index (χ0) is 21.7. The lowest BCUT2D eigenvalue weighted by Gasteiger charge is -2.12. The number of hydrogen-bond donors (Lipinski definition) is 2. The molecule has 0 unspecified atom stereocenters. The minimum atomic E-state index is -3.79. The van der Waals surface area contributed by atoms with E-state index in [9.17, 15) is 13.2 Å². The number of halogens is 1. The van der Waals surface area contributed by atoms with E-state index < -0.39 is 10.0 Å². The van der Waals surface area contributed by atoms with Crippen LogP contribution in [0.1, 0.15) is 11.1 Å². The number of sulfonamides is 1. The summed E-state index contributed by atoms with van der Waals surface area (Å²) in [5.41, 5.74) is 2.55. The number of carbonyl (C=O) groups excluding carboxylic acids is 1. The number of nitrogens with one attached hydrogen (secondary N) is 2. The van der Waals surface area contributed by atoms with E-state index in [-0.39, 0.29) is 17.4 Å². The van der Waals surface area contributed by atoms with Crippen LogP contribution in [0.25, 0.3) is 0 Å². The second-order valence-electron chi connectivity index (χ2n) is 6.70. The quantitative estimate of drug-likeness (QED) is 0.549. The van der Waals surface area contributed by atoms with Gasteiger partial charge in [0.05, 0.1) is 10.6 Å². The van der Waals surface area contributed by atoms with Gasteiger partial charge in [-0.3, -0.25) is 9.52 Å². The molecule has 6 nitrogen and oxygen atoms in total. The minimum absolute atomic E-state index is 0.0656. The number of hydrogen-bond acceptors (Lipinski definition) is 4. The van der Waals surface area contributed by atoms with Gasteiger partial charge in [-0.25, -0.2) is 8.42 Å². The van der Waals surface area contributed by atoms with Crippen LogP contribution in [0, 0.1) is 13.8 Å². The molecule has 1 amide bonds. The molecule has 0 saturated carbocycles. The van der Waals surface area contributed by atoms with Gasteiger partial charge in [0, 0.05) is 10.7 Å². The van der Waals surface area contributed by atoms with Crippen molar-refractivity contribution in [3.8, 4) is 5.75 Å². The van der Waals surface area contributed by atoms with E-state index in [1.807, 2.05) is 25.1 Å². The Hall–Kier alpha value is -3.03. The molecule has 156 valence electrons. The molecular weight excluding hydrogens is 424 g/mol. The number of benzene rings is 3. The molecule has 0 spiro atoms. The molecule has 0 bridgehead atoms. The molecule has 0 aliphatic heterocycles. The van der Waals surface area contributed by atoms with Crippen molar-refractivity contribution in [3.63, 3.8) is 0 Å². The highest BCUT2D eigenvalue weighted by atomic mass is 35.5. The number of rotatable bonds is 7. The largest absolute Gasteiger partial charge is 0.484 e. The van der Waals surface area contributed by atoms with Gasteiger partial charge in [0.2, 0.25) is 0 Å². The van der Waals surface area contributed by atoms with Crippen molar-refractivity contribution in [1.82, 2.24) is 0 Å². The van der Waals surface area contributed by atoms with E-state index in [1.165, 1.54) is 24.3 Å². The minimum Gasteiger partial charge on any atom is -0.484 e. The molecule has 0 radical (unpaired) electrons. The van der Waals surface area contributed by atoms with Crippen molar-refractivity contribution in [2.75, 3.05) is 16.6 Å². The van der Waals surface area contributed by atoms with Gasteiger partial charge in [0.1, 0.15) is 5.75 Å². The van der Waals surface area contributed by atoms with Gasteiger partial charge in [0.25, 0.3) is 15.9 Å². The van der Waals surface area contributed by atoms with Crippen molar-refractivity contribution in [1.29, 1.82) is 0 Å². The average Bonchev–Trinajstić information content (AvgIpc) is 2.70. The van der Waals surface area contributed by atoms with E-state index in [2.05, 4.69) is 10.0 Å². The Morgan fingerprint density at radius 2 is 1.70 bits per heavy atom. The zero-order valence-electron chi connectivity index (χ0n) is 16.5. The van der Waals surface area contributed by atoms with Crippen molar-refractivity contribution in [3.05, 3.63) is 82.9 Å². The Kier molecular flexibility index (Phi) is 6.64. The first-order valence-electron chi connectivity index (χ1n) is 9.12. The van der Waals surface area contributed by atoms with Gasteiger partial charge in [-0.15, -0.1) is 0 Å². The fourth-order valence-electron chi connectivity index (χ4n) is 2.69. The molecule has 0 aliphatic rings. The second kappa shape index (κ2) is 9.19. The van der Waals surface area contributed by atoms with E-state index >= 15 is 0 Å². The molecular formula is C22H21ClN2O4S. The lowest BCUT2D eigenvalue weighted by atomic mass is 10.2. The molecule has 3 rings (SSSR count). The Balaban J connectivity index is 1.62. The SMILES string of the molecule is Cc1cccc(OCC(=O)Nc2ccc(S(=O)(=O)Nc3cccc(Cl)c3C)cc2)c1. The van der Waals surface area contributed by atoms with Crippen molar-refractivity contribution in [2.45, 2.75) is 18.7 Å². The predicted octanol–water partition coefficient (Wildman–Crippen LogP) is 4.78. The van der Waals surface area contributed by atoms with Gasteiger partial charge < -0.3 is 10.1 Å². The Morgan fingerprint density at radius 1 is 1.00 bits per heavy atom. The summed E-state index contributed by atoms with van der Waals surface area (Å²) in [6, 6.07) is 18.3. The van der Waals surface area contributed by atoms with E-state index in [1.54, 1.807) is 31.2 Å². The summed E-state index contributed by atoms with van der Waals surface area (Å²) in [6.45, 7) is 3.52. The topological polar surface area (TPSA) is 84.5 Å². The molecule has 0 heterocycles. The fraction of sp³-hybridized carbons (Fsp3) is 0.136. The molecule has 0 aliphatic carbocycles. The Labute approximate surface area is 180 Å². The molecule has 0 aromatic heterocycles. The number of ether oxygens (including phenoxy) is 1. The van der Waals surface area contributed by atoms with Gasteiger partial charge in [0.15, 0.2) is 6.61 Å². The highest BCUT2D eigenvalue weighted by Crippen LogP contribution is 2.26. The maximum absolute atomic E-state index is 12.6. The maximum Gasteiger partial charge on any atom is 0.262 e. The van der Waals surface area contributed by atoms with E-state index in [0.717, 1.165) is 5.56 Å². The summed E-state index contributed by atoms with van der Waals surface area (Å²) in [6.07, 6.45) is 0. The number of anilines is 2. The lowest BCUT2D eigenvalue weighted by molar-refractivity contribution is -0.118. The fourth-order valence-corrected chi connectivity index (χ4v) is 3.99. The number of aryl methyl sites for hydroxylation is 1. The summed E-state index contributed by atoms with van der Waals surface area (Å²) in [4.78, 5) is 12.1. The summed E-state index contributed by atoms with van der Waals surface area (Å²) in [7, 11) is -3.79. The molecule has 0 fully saturated rings. The smallest absolute Gasteiger partial charge is 0.262 e. The van der Waals surface area contributed by atoms with Crippen molar-refractivity contribution in [2.24, 2.45) is 0 Å². The summed E-state index contributed by atoms with van der Waals surface area (Å²) >= 11 is 6.05. The summed E-state index contributed by atoms with van der Waals surface area (Å²) in [5.74, 6) is 0.258. The highest BCUT2D eigenvalue weighted by molar-refractivity contribution is 7.92. The molecule has 3 aromatic rings. The van der Waals surface area contributed by atoms with E-state index in [4.69, 9.17) is 16.3 Å². The van der Waals surface area contributed by atoms with Gasteiger partial charge in [-0.2, -0.15) is 0 Å². The zero-order valence-corrected chi connectivity index (χ0v) is 18.0. The van der Waals surface area contributed by atoms with Crippen LogP contribution in [0.4, 0.5) is 11.4 Å². The molecule has 0 saturated heterocycles. The lowest BCUT2D eigenvalue weighted by Crippen LogP contribution is -2.20. The third-order valence-corrected chi connectivity index (χ3v) is 6.11. The highest BCUT2D eigenvalue weighted by Gasteiger charge is 2.16. The second-order valence-corrected chi connectivity index (χ2v) is 8.79. The monoisotopic (exact) mass is 444 g/mol. The van der Waals surface area contributed by atoms with Crippen molar-refractivity contribution >= 4 is 38.9 Å². The van der Waals surface area contributed by atoms with Crippen LogP contribution in [0.3, 0.4) is 0 Å². The van der Waals surface area contributed by atoms with Gasteiger partial charge in [-0.1, -0.05) is 29.8 Å². The number of carbonyl (C=O) groups is 1. The first-order chi connectivity index (χ1) is 14.2.